The third kappa shape index (κ3) is 3.38. The standard InChI is InChI=1S/C15H27N5/c1-16-10-15-12-20(18-17-15)9-8-19-7-6-13-4-2-3-5-14(13)11-19/h12-14,16H,2-11H2,1H3. The van der Waals surface area contributed by atoms with Crippen molar-refractivity contribution in [2.24, 2.45) is 11.8 Å². The van der Waals surface area contributed by atoms with Gasteiger partial charge in [0.05, 0.1) is 12.2 Å². The van der Waals surface area contributed by atoms with E-state index in [1.54, 1.807) is 0 Å². The Kier molecular flexibility index (Phi) is 4.68. The topological polar surface area (TPSA) is 46.0 Å². The van der Waals surface area contributed by atoms with Gasteiger partial charge in [0.1, 0.15) is 0 Å². The Morgan fingerprint density at radius 2 is 2.05 bits per heavy atom. The van der Waals surface area contributed by atoms with Crippen LogP contribution in [-0.4, -0.2) is 46.6 Å². The van der Waals surface area contributed by atoms with E-state index in [1.165, 1.54) is 45.2 Å². The first-order chi connectivity index (χ1) is 9.85. The van der Waals surface area contributed by atoms with Crippen molar-refractivity contribution in [3.63, 3.8) is 0 Å². The quantitative estimate of drug-likeness (QED) is 0.886. The highest BCUT2D eigenvalue weighted by Gasteiger charge is 2.30. The molecule has 1 N–H and O–H groups in total. The summed E-state index contributed by atoms with van der Waals surface area (Å²) >= 11 is 0. The summed E-state index contributed by atoms with van der Waals surface area (Å²) in [5.74, 6) is 1.99. The van der Waals surface area contributed by atoms with Crippen LogP contribution in [0.2, 0.25) is 0 Å². The van der Waals surface area contributed by atoms with E-state index in [9.17, 15) is 0 Å². The van der Waals surface area contributed by atoms with Gasteiger partial charge in [0.15, 0.2) is 0 Å². The zero-order chi connectivity index (χ0) is 13.8. The van der Waals surface area contributed by atoms with Crippen molar-refractivity contribution >= 4 is 0 Å². The maximum atomic E-state index is 4.20. The predicted molar refractivity (Wildman–Crippen MR) is 79.3 cm³/mol. The molecule has 1 aromatic heterocycles. The Bertz CT molecular complexity index is 416. The van der Waals surface area contributed by atoms with Gasteiger partial charge in [-0.1, -0.05) is 24.5 Å². The number of piperidine rings is 1. The van der Waals surface area contributed by atoms with E-state index in [4.69, 9.17) is 0 Å². The molecular weight excluding hydrogens is 250 g/mol. The predicted octanol–water partition coefficient (Wildman–Crippen LogP) is 1.51. The van der Waals surface area contributed by atoms with Crippen molar-refractivity contribution in [3.05, 3.63) is 11.9 Å². The number of aromatic nitrogens is 3. The van der Waals surface area contributed by atoms with Gasteiger partial charge in [0, 0.05) is 25.8 Å². The van der Waals surface area contributed by atoms with Crippen molar-refractivity contribution in [1.29, 1.82) is 0 Å². The van der Waals surface area contributed by atoms with Crippen molar-refractivity contribution in [3.8, 4) is 0 Å². The van der Waals surface area contributed by atoms with Gasteiger partial charge in [0.25, 0.3) is 0 Å². The second-order valence-electron chi connectivity index (χ2n) is 6.40. The lowest BCUT2D eigenvalue weighted by Gasteiger charge is -2.41. The summed E-state index contributed by atoms with van der Waals surface area (Å²) in [6, 6.07) is 0. The summed E-state index contributed by atoms with van der Waals surface area (Å²) < 4.78 is 1.99. The molecule has 112 valence electrons. The number of nitrogens with one attached hydrogen (secondary N) is 1. The van der Waals surface area contributed by atoms with Gasteiger partial charge in [-0.05, 0) is 38.3 Å². The monoisotopic (exact) mass is 277 g/mol. The highest BCUT2D eigenvalue weighted by molar-refractivity contribution is 4.91. The van der Waals surface area contributed by atoms with Crippen LogP contribution < -0.4 is 5.32 Å². The molecule has 2 heterocycles. The third-order valence-corrected chi connectivity index (χ3v) is 4.96. The Labute approximate surface area is 121 Å². The lowest BCUT2D eigenvalue weighted by molar-refractivity contribution is 0.0837. The average molecular weight is 277 g/mol. The first-order valence-corrected chi connectivity index (χ1v) is 8.11. The van der Waals surface area contributed by atoms with Gasteiger partial charge in [-0.15, -0.1) is 5.10 Å². The number of nitrogens with zero attached hydrogens (tertiary/aromatic N) is 4. The van der Waals surface area contributed by atoms with E-state index in [0.717, 1.165) is 37.2 Å². The molecule has 2 fully saturated rings. The molecule has 2 atom stereocenters. The summed E-state index contributed by atoms with van der Waals surface area (Å²) in [5.41, 5.74) is 1.03. The number of hydrogen-bond donors (Lipinski definition) is 1. The molecule has 5 nitrogen and oxygen atoms in total. The van der Waals surface area contributed by atoms with E-state index >= 15 is 0 Å². The molecule has 2 unspecified atom stereocenters. The lowest BCUT2D eigenvalue weighted by Crippen LogP contribution is -2.42. The zero-order valence-electron chi connectivity index (χ0n) is 12.6. The van der Waals surface area contributed by atoms with Crippen LogP contribution in [0.1, 0.15) is 37.8 Å². The molecule has 20 heavy (non-hydrogen) atoms. The SMILES string of the molecule is CNCc1cn(CCN2CCC3CCCCC3C2)nn1. The van der Waals surface area contributed by atoms with Crippen LogP contribution in [0.15, 0.2) is 6.20 Å². The smallest absolute Gasteiger partial charge is 0.0964 e. The molecule has 5 heteroatoms. The molecule has 0 bridgehead atoms. The highest BCUT2D eigenvalue weighted by atomic mass is 15.4. The number of rotatable bonds is 5. The van der Waals surface area contributed by atoms with Crippen LogP contribution in [0.25, 0.3) is 0 Å². The Morgan fingerprint density at radius 1 is 1.20 bits per heavy atom. The van der Waals surface area contributed by atoms with Crippen molar-refractivity contribution in [1.82, 2.24) is 25.2 Å². The van der Waals surface area contributed by atoms with Crippen LogP contribution in [0, 0.1) is 11.8 Å². The summed E-state index contributed by atoms with van der Waals surface area (Å²) in [4.78, 5) is 2.63. The minimum absolute atomic E-state index is 0.799. The molecule has 0 amide bonds. The molecule has 2 aliphatic rings. The fourth-order valence-corrected chi connectivity index (χ4v) is 3.83. The Hall–Kier alpha value is -0.940. The van der Waals surface area contributed by atoms with E-state index in [0.29, 0.717) is 0 Å². The molecule has 1 aliphatic carbocycles. The highest BCUT2D eigenvalue weighted by Crippen LogP contribution is 2.35. The van der Waals surface area contributed by atoms with E-state index in [2.05, 4.69) is 26.7 Å². The maximum Gasteiger partial charge on any atom is 0.0964 e. The van der Waals surface area contributed by atoms with Gasteiger partial charge in [0.2, 0.25) is 0 Å². The molecule has 1 saturated heterocycles. The first-order valence-electron chi connectivity index (χ1n) is 8.11. The first kappa shape index (κ1) is 14.0. The lowest BCUT2D eigenvalue weighted by atomic mass is 9.75. The van der Waals surface area contributed by atoms with Gasteiger partial charge >= 0.3 is 0 Å². The molecule has 3 rings (SSSR count). The molecular formula is C15H27N5. The summed E-state index contributed by atoms with van der Waals surface area (Å²) in [6.45, 7) is 5.47. The minimum atomic E-state index is 0.799. The molecule has 0 spiro atoms. The van der Waals surface area contributed by atoms with Crippen LogP contribution in [0.5, 0.6) is 0 Å². The van der Waals surface area contributed by atoms with E-state index < -0.39 is 0 Å². The van der Waals surface area contributed by atoms with Crippen LogP contribution in [0.4, 0.5) is 0 Å². The summed E-state index contributed by atoms with van der Waals surface area (Å²) in [5, 5.41) is 11.5. The summed E-state index contributed by atoms with van der Waals surface area (Å²) in [6.07, 6.45) is 9.32. The van der Waals surface area contributed by atoms with Crippen LogP contribution >= 0.6 is 0 Å². The fourth-order valence-electron chi connectivity index (χ4n) is 3.83. The normalized spacial score (nSPS) is 27.4. The number of hydrogen-bond acceptors (Lipinski definition) is 4. The molecule has 1 aromatic rings. The van der Waals surface area contributed by atoms with Crippen molar-refractivity contribution < 1.29 is 0 Å². The van der Waals surface area contributed by atoms with Gasteiger partial charge in [-0.25, -0.2) is 0 Å². The molecule has 0 aromatic carbocycles. The van der Waals surface area contributed by atoms with Crippen LogP contribution in [-0.2, 0) is 13.1 Å². The van der Waals surface area contributed by atoms with Crippen molar-refractivity contribution in [2.75, 3.05) is 26.7 Å². The van der Waals surface area contributed by atoms with Gasteiger partial charge in [-0.2, -0.15) is 0 Å². The van der Waals surface area contributed by atoms with Gasteiger partial charge < -0.3 is 10.2 Å². The molecule has 0 radical (unpaired) electrons. The molecule has 1 saturated carbocycles. The van der Waals surface area contributed by atoms with E-state index in [-0.39, 0.29) is 0 Å². The van der Waals surface area contributed by atoms with E-state index in [1.807, 2.05) is 11.7 Å². The maximum absolute atomic E-state index is 4.20. The van der Waals surface area contributed by atoms with Crippen molar-refractivity contribution in [2.45, 2.75) is 45.2 Å². The number of likely N-dealkylation sites (tertiary alicyclic amines) is 1. The Morgan fingerprint density at radius 3 is 2.90 bits per heavy atom. The second kappa shape index (κ2) is 6.68. The summed E-state index contributed by atoms with van der Waals surface area (Å²) in [7, 11) is 1.94. The Balaban J connectivity index is 1.46. The van der Waals surface area contributed by atoms with Crippen LogP contribution in [0.3, 0.4) is 0 Å². The average Bonchev–Trinajstić information content (AvgIpc) is 2.93. The number of fused-ring (bicyclic) bond motifs is 1. The zero-order valence-corrected chi connectivity index (χ0v) is 12.6. The second-order valence-corrected chi connectivity index (χ2v) is 6.40. The molecule has 1 aliphatic heterocycles. The minimum Gasteiger partial charge on any atom is -0.314 e. The third-order valence-electron chi connectivity index (χ3n) is 4.96. The largest absolute Gasteiger partial charge is 0.314 e. The fraction of sp³-hybridized carbons (Fsp3) is 0.867. The van der Waals surface area contributed by atoms with Gasteiger partial charge in [-0.3, -0.25) is 4.68 Å².